The Morgan fingerprint density at radius 2 is 1.85 bits per heavy atom. The Labute approximate surface area is 238 Å². The zero-order chi connectivity index (χ0) is 28.3. The zero-order valence-corrected chi connectivity index (χ0v) is 24.0. The molecule has 8 nitrogen and oxygen atoms in total. The standard InChI is InChI=1S/C29H27BrN2O6S/c1-5-14-37-28(36)26-17(4)31-29(39-26)32-23(18-6-10-20(30)11-7-18)22(25(34)27(32)35)24(33)19-8-12-21(13-9-19)38-15-16(2)3/h5-13,16,23,33H,1,14-15H2,2-4H3/b24-22+. The van der Waals surface area contributed by atoms with Gasteiger partial charge in [-0.05, 0) is 54.8 Å². The smallest absolute Gasteiger partial charge is 0.350 e. The van der Waals surface area contributed by atoms with Crippen LogP contribution in [-0.4, -0.2) is 41.0 Å². The number of aryl methyl sites for hydroxylation is 1. The van der Waals surface area contributed by atoms with Crippen LogP contribution in [0.3, 0.4) is 0 Å². The number of hydrogen-bond acceptors (Lipinski definition) is 8. The molecule has 1 aliphatic rings. The van der Waals surface area contributed by atoms with Crippen molar-refractivity contribution < 1.29 is 29.0 Å². The molecule has 1 aromatic heterocycles. The van der Waals surface area contributed by atoms with E-state index in [0.29, 0.717) is 35.1 Å². The number of aromatic nitrogens is 1. The fraction of sp³-hybridized carbons (Fsp3) is 0.241. The van der Waals surface area contributed by atoms with Gasteiger partial charge in [0.2, 0.25) is 0 Å². The van der Waals surface area contributed by atoms with Crippen LogP contribution in [0, 0.1) is 12.8 Å². The van der Waals surface area contributed by atoms with Crippen LogP contribution in [0.4, 0.5) is 5.13 Å². The lowest BCUT2D eigenvalue weighted by Crippen LogP contribution is -2.29. The van der Waals surface area contributed by atoms with E-state index in [4.69, 9.17) is 9.47 Å². The van der Waals surface area contributed by atoms with Gasteiger partial charge in [0.05, 0.1) is 23.9 Å². The molecule has 1 fully saturated rings. The Balaban J connectivity index is 1.80. The number of carbonyl (C=O) groups excluding carboxylic acids is 3. The molecular weight excluding hydrogens is 584 g/mol. The third kappa shape index (κ3) is 5.97. The molecule has 4 rings (SSSR count). The van der Waals surface area contributed by atoms with Crippen LogP contribution in [0.25, 0.3) is 5.76 Å². The van der Waals surface area contributed by atoms with Crippen LogP contribution in [0.1, 0.15) is 46.4 Å². The summed E-state index contributed by atoms with van der Waals surface area (Å²) >= 11 is 4.35. The molecule has 1 amide bonds. The van der Waals surface area contributed by atoms with E-state index in [0.717, 1.165) is 15.8 Å². The molecule has 2 aromatic carbocycles. The summed E-state index contributed by atoms with van der Waals surface area (Å²) in [5.41, 5.74) is 1.22. The molecule has 3 aromatic rings. The fourth-order valence-electron chi connectivity index (χ4n) is 3.99. The normalized spacial score (nSPS) is 16.5. The minimum Gasteiger partial charge on any atom is -0.507 e. The topological polar surface area (TPSA) is 106 Å². The minimum absolute atomic E-state index is 0.0240. The predicted molar refractivity (Wildman–Crippen MR) is 153 cm³/mol. The number of carbonyl (C=O) groups is 3. The van der Waals surface area contributed by atoms with E-state index in [1.807, 2.05) is 13.8 Å². The molecule has 0 spiro atoms. The molecule has 10 heteroatoms. The van der Waals surface area contributed by atoms with Gasteiger partial charge in [0.1, 0.15) is 23.0 Å². The molecule has 1 saturated heterocycles. The molecule has 1 unspecified atom stereocenters. The number of thiazole rings is 1. The lowest BCUT2D eigenvalue weighted by atomic mass is 9.95. The maximum Gasteiger partial charge on any atom is 0.350 e. The molecular formula is C29H27BrN2O6S. The van der Waals surface area contributed by atoms with Crippen LogP contribution in [-0.2, 0) is 14.3 Å². The summed E-state index contributed by atoms with van der Waals surface area (Å²) in [5, 5.41) is 11.5. The molecule has 0 saturated carbocycles. The number of ether oxygens (including phenoxy) is 2. The first-order valence-corrected chi connectivity index (χ1v) is 13.8. The highest BCUT2D eigenvalue weighted by Gasteiger charge is 2.48. The highest BCUT2D eigenvalue weighted by Crippen LogP contribution is 2.44. The maximum atomic E-state index is 13.4. The molecule has 0 aliphatic carbocycles. The van der Waals surface area contributed by atoms with Gasteiger partial charge in [-0.1, -0.05) is 65.9 Å². The van der Waals surface area contributed by atoms with Gasteiger partial charge in [0, 0.05) is 10.0 Å². The number of hydrogen-bond donors (Lipinski definition) is 1. The van der Waals surface area contributed by atoms with Crippen molar-refractivity contribution in [2.24, 2.45) is 5.92 Å². The highest BCUT2D eigenvalue weighted by atomic mass is 79.9. The summed E-state index contributed by atoms with van der Waals surface area (Å²) < 4.78 is 11.7. The summed E-state index contributed by atoms with van der Waals surface area (Å²) in [6.07, 6.45) is 1.45. The lowest BCUT2D eigenvalue weighted by Gasteiger charge is -2.23. The zero-order valence-electron chi connectivity index (χ0n) is 21.6. The highest BCUT2D eigenvalue weighted by molar-refractivity contribution is 9.10. The third-order valence-corrected chi connectivity index (χ3v) is 7.52. The van der Waals surface area contributed by atoms with E-state index in [9.17, 15) is 19.5 Å². The van der Waals surface area contributed by atoms with Gasteiger partial charge in [-0.25, -0.2) is 9.78 Å². The van der Waals surface area contributed by atoms with Gasteiger partial charge in [-0.2, -0.15) is 0 Å². The van der Waals surface area contributed by atoms with Crippen LogP contribution < -0.4 is 9.64 Å². The van der Waals surface area contributed by atoms with Gasteiger partial charge in [0.15, 0.2) is 5.13 Å². The number of benzene rings is 2. The Morgan fingerprint density at radius 3 is 2.46 bits per heavy atom. The number of anilines is 1. The number of aliphatic hydroxyl groups is 1. The first-order valence-electron chi connectivity index (χ1n) is 12.2. The quantitative estimate of drug-likeness (QED) is 0.101. The number of Topliss-reactive ketones (excluding diaryl/α,β-unsaturated/α-hetero) is 1. The van der Waals surface area contributed by atoms with E-state index in [1.165, 1.54) is 11.0 Å². The van der Waals surface area contributed by atoms with Crippen molar-refractivity contribution in [3.8, 4) is 5.75 Å². The van der Waals surface area contributed by atoms with Gasteiger partial charge in [-0.3, -0.25) is 14.5 Å². The molecule has 1 aliphatic heterocycles. The number of esters is 1. The van der Waals surface area contributed by atoms with Crippen molar-refractivity contribution in [3.63, 3.8) is 0 Å². The summed E-state index contributed by atoms with van der Waals surface area (Å²) in [6, 6.07) is 12.8. The van der Waals surface area contributed by atoms with Crippen molar-refractivity contribution in [2.75, 3.05) is 18.1 Å². The largest absolute Gasteiger partial charge is 0.507 e. The molecule has 1 atom stereocenters. The van der Waals surface area contributed by atoms with E-state index in [-0.39, 0.29) is 27.9 Å². The Morgan fingerprint density at radius 1 is 1.18 bits per heavy atom. The first-order chi connectivity index (χ1) is 18.6. The Bertz CT molecular complexity index is 1440. The second kappa shape index (κ2) is 12.0. The number of aliphatic hydroxyl groups excluding tert-OH is 1. The van der Waals surface area contributed by atoms with Crippen LogP contribution in [0.15, 0.2) is 71.2 Å². The minimum atomic E-state index is -0.974. The molecule has 0 radical (unpaired) electrons. The summed E-state index contributed by atoms with van der Waals surface area (Å²) in [7, 11) is 0. The first kappa shape index (κ1) is 28.3. The Kier molecular flexibility index (Phi) is 8.66. The number of rotatable bonds is 9. The lowest BCUT2D eigenvalue weighted by molar-refractivity contribution is -0.132. The summed E-state index contributed by atoms with van der Waals surface area (Å²) in [5.74, 6) is -1.67. The fourth-order valence-corrected chi connectivity index (χ4v) is 5.24. The van der Waals surface area contributed by atoms with E-state index >= 15 is 0 Å². The molecule has 39 heavy (non-hydrogen) atoms. The van der Waals surface area contributed by atoms with Gasteiger partial charge < -0.3 is 14.6 Å². The van der Waals surface area contributed by atoms with Gasteiger partial charge >= 0.3 is 11.9 Å². The number of nitrogens with zero attached hydrogens (tertiary/aromatic N) is 2. The van der Waals surface area contributed by atoms with Gasteiger partial charge in [0.25, 0.3) is 5.78 Å². The molecule has 2 heterocycles. The van der Waals surface area contributed by atoms with Crippen molar-refractivity contribution in [1.29, 1.82) is 0 Å². The van der Waals surface area contributed by atoms with Crippen molar-refractivity contribution in [1.82, 2.24) is 4.98 Å². The SMILES string of the molecule is C=CCOC(=O)c1sc(N2C(=O)C(=O)/C(=C(/O)c3ccc(OCC(C)C)cc3)C2c2ccc(Br)cc2)nc1C. The van der Waals surface area contributed by atoms with E-state index in [1.54, 1.807) is 55.5 Å². The third-order valence-electron chi connectivity index (χ3n) is 5.85. The summed E-state index contributed by atoms with van der Waals surface area (Å²) in [6.45, 7) is 9.80. The number of ketones is 1. The van der Waals surface area contributed by atoms with Crippen LogP contribution in [0.2, 0.25) is 0 Å². The number of amides is 1. The van der Waals surface area contributed by atoms with E-state index < -0.39 is 23.7 Å². The molecule has 1 N–H and O–H groups in total. The molecule has 202 valence electrons. The van der Waals surface area contributed by atoms with Gasteiger partial charge in [-0.15, -0.1) is 0 Å². The Hall–Kier alpha value is -3.76. The van der Waals surface area contributed by atoms with Crippen LogP contribution >= 0.6 is 27.3 Å². The predicted octanol–water partition coefficient (Wildman–Crippen LogP) is 6.22. The molecule has 0 bridgehead atoms. The average Bonchev–Trinajstić information content (AvgIpc) is 3.43. The average molecular weight is 612 g/mol. The number of halogens is 1. The second-order valence-electron chi connectivity index (χ2n) is 9.25. The summed E-state index contributed by atoms with van der Waals surface area (Å²) in [4.78, 5) is 45.2. The van der Waals surface area contributed by atoms with Crippen molar-refractivity contribution in [2.45, 2.75) is 26.8 Å². The van der Waals surface area contributed by atoms with E-state index in [2.05, 4.69) is 27.5 Å². The monoisotopic (exact) mass is 610 g/mol. The second-order valence-corrected chi connectivity index (χ2v) is 11.1. The van der Waals surface area contributed by atoms with Crippen molar-refractivity contribution in [3.05, 3.63) is 92.9 Å². The van der Waals surface area contributed by atoms with Crippen molar-refractivity contribution >= 4 is 55.8 Å². The van der Waals surface area contributed by atoms with Crippen LogP contribution in [0.5, 0.6) is 5.75 Å². The maximum absolute atomic E-state index is 13.4.